The Bertz CT molecular complexity index is 149. The molecule has 9 N–H and O–H groups in total. The lowest BCUT2D eigenvalue weighted by Gasteiger charge is -2.19. The van der Waals surface area contributed by atoms with Crippen molar-refractivity contribution in [2.45, 2.75) is 18.3 Å². The van der Waals surface area contributed by atoms with Crippen LogP contribution in [0.3, 0.4) is 0 Å². The van der Waals surface area contributed by atoms with E-state index in [1.807, 2.05) is 0 Å². The fraction of sp³-hybridized carbons (Fsp3) is 0.833. The molecular formula is C6H16O8. The molecule has 14 heavy (non-hydrogen) atoms. The highest BCUT2D eigenvalue weighted by Gasteiger charge is 2.28. The molecule has 8 heteroatoms. The predicted octanol–water partition coefficient (Wildman–Crippen LogP) is -5.03. The van der Waals surface area contributed by atoms with Gasteiger partial charge in [-0.05, 0) is 0 Å². The maximum Gasteiger partial charge on any atom is 0.189 e. The maximum absolute atomic E-state index is 10.5. The molecule has 0 aliphatic rings. The molecule has 0 aliphatic carbocycles. The van der Waals surface area contributed by atoms with Crippen LogP contribution in [0.5, 0.6) is 0 Å². The second kappa shape index (κ2) is 8.97. The Morgan fingerprint density at radius 3 is 1.79 bits per heavy atom. The molecule has 0 amide bonds. The van der Waals surface area contributed by atoms with Crippen molar-refractivity contribution in [1.29, 1.82) is 0 Å². The summed E-state index contributed by atoms with van der Waals surface area (Å²) in [6, 6.07) is 0. The highest BCUT2D eigenvalue weighted by Crippen LogP contribution is 2.00. The van der Waals surface area contributed by atoms with Gasteiger partial charge in [-0.3, -0.25) is 4.79 Å². The number of aliphatic hydroxyl groups excluding tert-OH is 5. The summed E-state index contributed by atoms with van der Waals surface area (Å²) in [7, 11) is 0. The normalized spacial score (nSPS) is 15.8. The lowest BCUT2D eigenvalue weighted by molar-refractivity contribution is -0.142. The fourth-order valence-corrected chi connectivity index (χ4v) is 0.602. The Morgan fingerprint density at radius 1 is 1.07 bits per heavy atom. The molecule has 0 heterocycles. The topological polar surface area (TPSA) is 181 Å². The van der Waals surface area contributed by atoms with E-state index in [-0.39, 0.29) is 11.0 Å². The smallest absolute Gasteiger partial charge is 0.189 e. The molecule has 0 bridgehead atoms. The van der Waals surface area contributed by atoms with Crippen molar-refractivity contribution < 1.29 is 41.3 Å². The zero-order valence-electron chi connectivity index (χ0n) is 7.29. The number of aliphatic hydroxyl groups is 5. The van der Waals surface area contributed by atoms with E-state index in [0.29, 0.717) is 0 Å². The van der Waals surface area contributed by atoms with Crippen LogP contribution in [-0.4, -0.2) is 73.8 Å². The highest BCUT2D eigenvalue weighted by molar-refractivity contribution is 5.84. The summed E-state index contributed by atoms with van der Waals surface area (Å²) in [5, 5.41) is 43.1. The maximum atomic E-state index is 10.5. The Hall–Kier alpha value is -0.610. The highest BCUT2D eigenvalue weighted by atomic mass is 16.4. The number of ketones is 1. The summed E-state index contributed by atoms with van der Waals surface area (Å²) < 4.78 is 0. The van der Waals surface area contributed by atoms with Crippen LogP contribution < -0.4 is 0 Å². The number of Topliss-reactive ketones (excluding diaryl/α,β-unsaturated/α-hetero) is 1. The van der Waals surface area contributed by atoms with Gasteiger partial charge in [0.25, 0.3) is 0 Å². The third kappa shape index (κ3) is 5.19. The molecule has 88 valence electrons. The molecule has 0 saturated heterocycles. The summed E-state index contributed by atoms with van der Waals surface area (Å²) in [5.74, 6) is -1.00. The van der Waals surface area contributed by atoms with E-state index in [9.17, 15) is 4.79 Å². The fourth-order valence-electron chi connectivity index (χ4n) is 0.602. The first-order valence-corrected chi connectivity index (χ1v) is 3.33. The van der Waals surface area contributed by atoms with Crippen LogP contribution >= 0.6 is 0 Å². The number of carbonyl (C=O) groups is 1. The first-order chi connectivity index (χ1) is 5.54. The van der Waals surface area contributed by atoms with Gasteiger partial charge in [-0.15, -0.1) is 0 Å². The van der Waals surface area contributed by atoms with Crippen molar-refractivity contribution in [3.63, 3.8) is 0 Å². The lowest BCUT2D eigenvalue weighted by Crippen LogP contribution is -2.44. The minimum atomic E-state index is -1.86. The summed E-state index contributed by atoms with van der Waals surface area (Å²) in [5.41, 5.74) is 0. The summed E-state index contributed by atoms with van der Waals surface area (Å²) in [6.45, 7) is -1.69. The van der Waals surface area contributed by atoms with E-state index >= 15 is 0 Å². The third-order valence-electron chi connectivity index (χ3n) is 1.39. The molecular weight excluding hydrogens is 200 g/mol. The van der Waals surface area contributed by atoms with Crippen LogP contribution in [0.2, 0.25) is 0 Å². The van der Waals surface area contributed by atoms with Gasteiger partial charge in [0.2, 0.25) is 0 Å². The van der Waals surface area contributed by atoms with Gasteiger partial charge in [0.1, 0.15) is 24.9 Å². The number of hydrogen-bond donors (Lipinski definition) is 5. The zero-order valence-corrected chi connectivity index (χ0v) is 7.29. The molecule has 0 rings (SSSR count). The van der Waals surface area contributed by atoms with E-state index in [2.05, 4.69) is 0 Å². The van der Waals surface area contributed by atoms with Gasteiger partial charge >= 0.3 is 0 Å². The van der Waals surface area contributed by atoms with Crippen molar-refractivity contribution in [2.75, 3.05) is 13.2 Å². The van der Waals surface area contributed by atoms with Crippen molar-refractivity contribution in [3.05, 3.63) is 0 Å². The monoisotopic (exact) mass is 216 g/mol. The SMILES string of the molecule is O.O.O=C(CO)[C@@H](O)[C@H](O)[C@@H](O)CO. The minimum absolute atomic E-state index is 0. The Morgan fingerprint density at radius 2 is 1.50 bits per heavy atom. The molecule has 3 atom stereocenters. The van der Waals surface area contributed by atoms with Crippen LogP contribution in [0.15, 0.2) is 0 Å². The van der Waals surface area contributed by atoms with Crippen molar-refractivity contribution in [1.82, 2.24) is 0 Å². The molecule has 0 spiro atoms. The molecule has 0 saturated carbocycles. The predicted molar refractivity (Wildman–Crippen MR) is 44.4 cm³/mol. The molecule has 0 aliphatic heterocycles. The van der Waals surface area contributed by atoms with E-state index in [1.54, 1.807) is 0 Å². The van der Waals surface area contributed by atoms with Crippen LogP contribution in [0.25, 0.3) is 0 Å². The van der Waals surface area contributed by atoms with Crippen LogP contribution in [0.1, 0.15) is 0 Å². The average Bonchev–Trinajstić information content (AvgIpc) is 2.12. The summed E-state index contributed by atoms with van der Waals surface area (Å²) in [6.07, 6.45) is -5.22. The standard InChI is InChI=1S/C6H12O6.2H2O/c7-1-3(9)5(11)6(12)4(10)2-8;;/h3,5-9,11-12H,1-2H2;2*1H2/t3-,5+,6+;;/m0../s1. The third-order valence-corrected chi connectivity index (χ3v) is 1.39. The number of rotatable bonds is 5. The van der Waals surface area contributed by atoms with Gasteiger partial charge in [0.15, 0.2) is 5.78 Å². The number of hydrogen-bond acceptors (Lipinski definition) is 6. The van der Waals surface area contributed by atoms with E-state index < -0.39 is 37.3 Å². The summed E-state index contributed by atoms with van der Waals surface area (Å²) in [4.78, 5) is 10.5. The molecule has 0 fully saturated rings. The average molecular weight is 216 g/mol. The Balaban J connectivity index is -0.000000605. The van der Waals surface area contributed by atoms with Gasteiger partial charge < -0.3 is 36.5 Å². The molecule has 0 aromatic heterocycles. The van der Waals surface area contributed by atoms with Crippen LogP contribution in [-0.2, 0) is 4.79 Å². The molecule has 0 unspecified atom stereocenters. The van der Waals surface area contributed by atoms with Crippen LogP contribution in [0.4, 0.5) is 0 Å². The second-order valence-electron chi connectivity index (χ2n) is 2.31. The van der Waals surface area contributed by atoms with Crippen molar-refractivity contribution in [2.24, 2.45) is 0 Å². The van der Waals surface area contributed by atoms with Crippen molar-refractivity contribution in [3.8, 4) is 0 Å². The van der Waals surface area contributed by atoms with Gasteiger partial charge in [-0.2, -0.15) is 0 Å². The van der Waals surface area contributed by atoms with Gasteiger partial charge in [0, 0.05) is 0 Å². The summed E-state index contributed by atoms with van der Waals surface area (Å²) >= 11 is 0. The quantitative estimate of drug-likeness (QED) is 0.306. The molecule has 0 radical (unpaired) electrons. The molecule has 8 nitrogen and oxygen atoms in total. The van der Waals surface area contributed by atoms with E-state index in [0.717, 1.165) is 0 Å². The lowest BCUT2D eigenvalue weighted by atomic mass is 10.1. The van der Waals surface area contributed by atoms with Gasteiger partial charge in [-0.1, -0.05) is 0 Å². The van der Waals surface area contributed by atoms with Gasteiger partial charge in [-0.25, -0.2) is 0 Å². The van der Waals surface area contributed by atoms with Crippen molar-refractivity contribution >= 4 is 5.78 Å². The Labute approximate surface area is 79.7 Å². The first-order valence-electron chi connectivity index (χ1n) is 3.33. The molecule has 0 aromatic rings. The van der Waals surface area contributed by atoms with Crippen LogP contribution in [0, 0.1) is 0 Å². The largest absolute Gasteiger partial charge is 0.412 e. The zero-order chi connectivity index (χ0) is 9.72. The van der Waals surface area contributed by atoms with E-state index in [4.69, 9.17) is 25.5 Å². The van der Waals surface area contributed by atoms with E-state index in [1.165, 1.54) is 0 Å². The molecule has 0 aromatic carbocycles. The number of carbonyl (C=O) groups excluding carboxylic acids is 1. The minimum Gasteiger partial charge on any atom is -0.412 e. The first kappa shape index (κ1) is 19.0. The second-order valence-corrected chi connectivity index (χ2v) is 2.31. The van der Waals surface area contributed by atoms with Gasteiger partial charge in [0.05, 0.1) is 6.61 Å². The Kier molecular flexibility index (Phi) is 12.2.